The van der Waals surface area contributed by atoms with E-state index in [0.29, 0.717) is 10.8 Å². The van der Waals surface area contributed by atoms with Gasteiger partial charge in [-0.25, -0.2) is 0 Å². The van der Waals surface area contributed by atoms with E-state index in [4.69, 9.17) is 27.9 Å². The SMILES string of the molecule is CNC(c1ccc(Cl)c(OC)c1)c1cc(Cl)ccc1I. The van der Waals surface area contributed by atoms with Crippen molar-refractivity contribution in [3.05, 3.63) is 61.1 Å². The second-order valence-corrected chi connectivity index (χ2v) is 6.29. The second-order valence-electron chi connectivity index (χ2n) is 4.28. The van der Waals surface area contributed by atoms with Crippen molar-refractivity contribution in [2.45, 2.75) is 6.04 Å². The molecule has 0 aromatic heterocycles. The molecule has 0 aliphatic rings. The third-order valence-electron chi connectivity index (χ3n) is 3.07. The average Bonchev–Trinajstić information content (AvgIpc) is 2.45. The molecular weight excluding hydrogens is 408 g/mol. The third-order valence-corrected chi connectivity index (χ3v) is 4.60. The number of ether oxygens (including phenoxy) is 1. The number of halogens is 3. The summed E-state index contributed by atoms with van der Waals surface area (Å²) in [6.45, 7) is 0. The summed E-state index contributed by atoms with van der Waals surface area (Å²) in [5.41, 5.74) is 2.21. The van der Waals surface area contributed by atoms with Crippen molar-refractivity contribution in [2.75, 3.05) is 14.2 Å². The summed E-state index contributed by atoms with van der Waals surface area (Å²) in [5, 5.41) is 4.64. The van der Waals surface area contributed by atoms with Crippen molar-refractivity contribution in [2.24, 2.45) is 0 Å². The van der Waals surface area contributed by atoms with Crippen LogP contribution in [0.5, 0.6) is 5.75 Å². The van der Waals surface area contributed by atoms with Crippen LogP contribution in [-0.2, 0) is 0 Å². The molecule has 0 saturated heterocycles. The molecule has 5 heteroatoms. The predicted octanol–water partition coefficient (Wildman–Crippen LogP) is 4.92. The van der Waals surface area contributed by atoms with E-state index in [2.05, 4.69) is 27.9 Å². The molecule has 0 bridgehead atoms. The van der Waals surface area contributed by atoms with Crippen LogP contribution in [0.1, 0.15) is 17.2 Å². The molecule has 106 valence electrons. The smallest absolute Gasteiger partial charge is 0.137 e. The average molecular weight is 422 g/mol. The maximum atomic E-state index is 6.11. The van der Waals surface area contributed by atoms with E-state index in [1.807, 2.05) is 43.4 Å². The highest BCUT2D eigenvalue weighted by molar-refractivity contribution is 14.1. The molecule has 0 amide bonds. The van der Waals surface area contributed by atoms with E-state index >= 15 is 0 Å². The van der Waals surface area contributed by atoms with Gasteiger partial charge in [0.1, 0.15) is 5.75 Å². The highest BCUT2D eigenvalue weighted by atomic mass is 127. The molecule has 0 fully saturated rings. The van der Waals surface area contributed by atoms with Gasteiger partial charge >= 0.3 is 0 Å². The van der Waals surface area contributed by atoms with Gasteiger partial charge in [-0.15, -0.1) is 0 Å². The van der Waals surface area contributed by atoms with Gasteiger partial charge in [0, 0.05) is 8.59 Å². The van der Waals surface area contributed by atoms with E-state index in [1.165, 1.54) is 0 Å². The Labute approximate surface area is 142 Å². The summed E-state index contributed by atoms with van der Waals surface area (Å²) in [6.07, 6.45) is 0. The molecule has 0 heterocycles. The van der Waals surface area contributed by atoms with Gasteiger partial charge < -0.3 is 10.1 Å². The van der Waals surface area contributed by atoms with E-state index in [9.17, 15) is 0 Å². The van der Waals surface area contributed by atoms with Gasteiger partial charge in [-0.05, 0) is 71.1 Å². The van der Waals surface area contributed by atoms with Crippen LogP contribution in [0.15, 0.2) is 36.4 Å². The molecule has 2 aromatic carbocycles. The number of methoxy groups -OCH3 is 1. The zero-order valence-electron chi connectivity index (χ0n) is 11.1. The zero-order valence-corrected chi connectivity index (χ0v) is 14.8. The molecule has 2 aromatic rings. The van der Waals surface area contributed by atoms with Crippen LogP contribution in [0.3, 0.4) is 0 Å². The lowest BCUT2D eigenvalue weighted by Crippen LogP contribution is -2.18. The van der Waals surface area contributed by atoms with Gasteiger partial charge in [0.2, 0.25) is 0 Å². The second kappa shape index (κ2) is 6.98. The molecule has 2 rings (SSSR count). The lowest BCUT2D eigenvalue weighted by Gasteiger charge is -2.20. The maximum Gasteiger partial charge on any atom is 0.137 e. The molecule has 1 unspecified atom stereocenters. The van der Waals surface area contributed by atoms with Gasteiger partial charge in [-0.1, -0.05) is 29.3 Å². The van der Waals surface area contributed by atoms with Crippen LogP contribution >= 0.6 is 45.8 Å². The molecule has 0 aliphatic heterocycles. The Morgan fingerprint density at radius 1 is 1.15 bits per heavy atom. The largest absolute Gasteiger partial charge is 0.495 e. The van der Waals surface area contributed by atoms with Crippen LogP contribution in [-0.4, -0.2) is 14.2 Å². The van der Waals surface area contributed by atoms with Crippen molar-refractivity contribution >= 4 is 45.8 Å². The number of nitrogens with one attached hydrogen (secondary N) is 1. The number of hydrogen-bond donors (Lipinski definition) is 1. The van der Waals surface area contributed by atoms with E-state index < -0.39 is 0 Å². The summed E-state index contributed by atoms with van der Waals surface area (Å²) in [5.74, 6) is 0.668. The van der Waals surface area contributed by atoms with Crippen LogP contribution in [0.25, 0.3) is 0 Å². The highest BCUT2D eigenvalue weighted by Gasteiger charge is 2.17. The fourth-order valence-electron chi connectivity index (χ4n) is 2.09. The first-order valence-corrected chi connectivity index (χ1v) is 7.86. The normalized spacial score (nSPS) is 12.2. The minimum atomic E-state index is 0.0340. The van der Waals surface area contributed by atoms with Gasteiger partial charge in [0.05, 0.1) is 18.2 Å². The standard InChI is InChI=1S/C15H14Cl2INO/c1-19-15(11-8-10(16)4-6-13(11)18)9-3-5-12(17)14(7-9)20-2/h3-8,15,19H,1-2H3. The fraction of sp³-hybridized carbons (Fsp3) is 0.200. The van der Waals surface area contributed by atoms with E-state index in [-0.39, 0.29) is 6.04 Å². The fourth-order valence-corrected chi connectivity index (χ4v) is 3.12. The summed E-state index contributed by atoms with van der Waals surface area (Å²) >= 11 is 14.5. The number of benzene rings is 2. The van der Waals surface area contributed by atoms with E-state index in [0.717, 1.165) is 19.7 Å². The van der Waals surface area contributed by atoms with Gasteiger partial charge in [-0.3, -0.25) is 0 Å². The Morgan fingerprint density at radius 3 is 2.55 bits per heavy atom. The topological polar surface area (TPSA) is 21.3 Å². The first-order valence-electron chi connectivity index (χ1n) is 6.02. The number of rotatable bonds is 4. The highest BCUT2D eigenvalue weighted by Crippen LogP contribution is 2.33. The summed E-state index contributed by atoms with van der Waals surface area (Å²) in [6, 6.07) is 11.7. The van der Waals surface area contributed by atoms with Crippen LogP contribution < -0.4 is 10.1 Å². The quantitative estimate of drug-likeness (QED) is 0.707. The van der Waals surface area contributed by atoms with Gasteiger partial charge in [-0.2, -0.15) is 0 Å². The van der Waals surface area contributed by atoms with Crippen LogP contribution in [0, 0.1) is 3.57 Å². The summed E-state index contributed by atoms with van der Waals surface area (Å²) < 4.78 is 6.44. The van der Waals surface area contributed by atoms with E-state index in [1.54, 1.807) is 7.11 Å². The summed E-state index contributed by atoms with van der Waals surface area (Å²) in [7, 11) is 3.53. The van der Waals surface area contributed by atoms with Crippen molar-refractivity contribution in [1.82, 2.24) is 5.32 Å². The maximum absolute atomic E-state index is 6.11. The van der Waals surface area contributed by atoms with Crippen molar-refractivity contribution in [1.29, 1.82) is 0 Å². The third kappa shape index (κ3) is 3.39. The van der Waals surface area contributed by atoms with Gasteiger partial charge in [0.15, 0.2) is 0 Å². The lowest BCUT2D eigenvalue weighted by molar-refractivity contribution is 0.414. The first kappa shape index (κ1) is 15.9. The Balaban J connectivity index is 2.49. The Kier molecular flexibility index (Phi) is 5.55. The van der Waals surface area contributed by atoms with Crippen molar-refractivity contribution in [3.8, 4) is 5.75 Å². The summed E-state index contributed by atoms with van der Waals surface area (Å²) in [4.78, 5) is 0. The Hall–Kier alpha value is -0.490. The molecule has 2 nitrogen and oxygen atoms in total. The molecular formula is C15H14Cl2INO. The molecule has 0 saturated carbocycles. The predicted molar refractivity (Wildman–Crippen MR) is 93.1 cm³/mol. The number of hydrogen-bond acceptors (Lipinski definition) is 2. The molecule has 1 atom stereocenters. The minimum Gasteiger partial charge on any atom is -0.495 e. The lowest BCUT2D eigenvalue weighted by atomic mass is 9.98. The van der Waals surface area contributed by atoms with Crippen molar-refractivity contribution in [3.63, 3.8) is 0 Å². The van der Waals surface area contributed by atoms with Gasteiger partial charge in [0.25, 0.3) is 0 Å². The van der Waals surface area contributed by atoms with Crippen molar-refractivity contribution < 1.29 is 4.74 Å². The Bertz CT molecular complexity index is 619. The van der Waals surface area contributed by atoms with Crippen LogP contribution in [0.4, 0.5) is 0 Å². The molecule has 20 heavy (non-hydrogen) atoms. The van der Waals surface area contributed by atoms with Crippen LogP contribution in [0.2, 0.25) is 10.0 Å². The molecule has 0 radical (unpaired) electrons. The molecule has 0 spiro atoms. The minimum absolute atomic E-state index is 0.0340. The zero-order chi connectivity index (χ0) is 14.7. The molecule has 1 N–H and O–H groups in total. The first-order chi connectivity index (χ1) is 9.56. The monoisotopic (exact) mass is 421 g/mol. The Morgan fingerprint density at radius 2 is 1.90 bits per heavy atom. The molecule has 0 aliphatic carbocycles.